The Hall–Kier alpha value is -10.4. The predicted molar refractivity (Wildman–Crippen MR) is 453 cm³/mol. The monoisotopic (exact) mass is 1810 g/mol. The molecule has 12 rings (SSSR count). The van der Waals surface area contributed by atoms with Gasteiger partial charge < -0.3 is 60.5 Å². The molecule has 0 radical (unpaired) electrons. The number of amides is 5. The lowest BCUT2D eigenvalue weighted by Gasteiger charge is -2.40. The number of nitrogens with one attached hydrogen (secondary N) is 5. The van der Waals surface area contributed by atoms with Crippen molar-refractivity contribution in [2.75, 3.05) is 133 Å². The quantitative estimate of drug-likeness (QED) is 0.0229. The number of carbonyl (C=O) groups excluding carboxylic acids is 5. The number of aromatic nitrogens is 5. The van der Waals surface area contributed by atoms with Crippen LogP contribution in [0.2, 0.25) is 0 Å². The average molecular weight is 1810 g/mol. The number of sulfone groups is 3. The van der Waals surface area contributed by atoms with E-state index in [9.17, 15) is 75.2 Å². The van der Waals surface area contributed by atoms with E-state index < -0.39 is 85.5 Å². The molecule has 32 nitrogen and oxygen atoms in total. The second kappa shape index (κ2) is 41.8. The Bertz CT molecular complexity index is 5680. The summed E-state index contributed by atoms with van der Waals surface area (Å²) in [5, 5.41) is 13.0. The first kappa shape index (κ1) is 98.0. The van der Waals surface area contributed by atoms with Gasteiger partial charge in [-0.3, -0.25) is 34.2 Å². The number of methoxy groups -OCH3 is 4. The Morgan fingerprint density at radius 3 is 1.13 bits per heavy atom. The van der Waals surface area contributed by atoms with Crippen LogP contribution in [0.15, 0.2) is 135 Å². The minimum atomic E-state index is -4.01. The molecule has 4 aliphatic rings. The van der Waals surface area contributed by atoms with Gasteiger partial charge in [0.2, 0.25) is 11.9 Å². The van der Waals surface area contributed by atoms with Crippen molar-refractivity contribution < 1.29 is 98.9 Å². The van der Waals surface area contributed by atoms with Gasteiger partial charge in [-0.25, -0.2) is 76.2 Å². The molecule has 666 valence electrons. The van der Waals surface area contributed by atoms with Gasteiger partial charge in [0.1, 0.15) is 57.9 Å². The number of likely N-dealkylation sites (tertiary alicyclic amines) is 3. The minimum absolute atomic E-state index is 0.00987. The van der Waals surface area contributed by atoms with Crippen molar-refractivity contribution in [3.8, 4) is 23.0 Å². The number of nitrogens with zero attached hydrogens (tertiary/aromatic N) is 8. The molecule has 41 heteroatoms. The van der Waals surface area contributed by atoms with Gasteiger partial charge in [0.25, 0.3) is 32.7 Å². The molecule has 0 atom stereocenters. The Morgan fingerprint density at radius 2 is 0.821 bits per heavy atom. The third kappa shape index (κ3) is 28.3. The summed E-state index contributed by atoms with van der Waals surface area (Å²) in [6.07, 6.45) is 1.54. The van der Waals surface area contributed by atoms with E-state index in [-0.39, 0.29) is 169 Å². The van der Waals surface area contributed by atoms with Gasteiger partial charge in [0.05, 0.1) is 129 Å². The predicted octanol–water partition coefficient (Wildman–Crippen LogP) is 9.88. The van der Waals surface area contributed by atoms with Crippen LogP contribution in [0.3, 0.4) is 0 Å². The molecular formula is C82H101ClF4N14O18S4. The Balaban J connectivity index is 0.000000196. The number of aryl methyl sites for hydroxylation is 4. The van der Waals surface area contributed by atoms with Crippen LogP contribution < -0.4 is 51.3 Å². The normalized spacial score (nSPS) is 14.7. The summed E-state index contributed by atoms with van der Waals surface area (Å²) in [7, 11) is -2.01. The highest BCUT2D eigenvalue weighted by Crippen LogP contribution is 2.33. The average Bonchev–Trinajstić information content (AvgIpc) is 0.803. The van der Waals surface area contributed by atoms with E-state index in [1.54, 1.807) is 0 Å². The van der Waals surface area contributed by atoms with E-state index in [1.165, 1.54) is 159 Å². The summed E-state index contributed by atoms with van der Waals surface area (Å²) < 4.78 is 179. The van der Waals surface area contributed by atoms with Crippen molar-refractivity contribution >= 4 is 102 Å². The van der Waals surface area contributed by atoms with E-state index in [0.29, 0.717) is 39.3 Å². The molecule has 4 aliphatic heterocycles. The molecule has 0 bridgehead atoms. The standard InChI is InChI=1S/C23H30FN3O5S.C19H22FN3O4S.C18H20FN3O4S.C13H11ClFN3O4S.C9H18N2O/c1-15-19(24)7-9-21(25-15)26-22(28)18-10-17(6-8-20(18)31-5)33(29,30)13-16-11-27(12-16)14-32-23(2,3)4;1-12-16(20)5-7-18(21-12)22-19(24)15-8-14(4-6-17(15)27-3)28(25,26)11-13-9-23(2)10-13;1-11-15(19)4-6-17(21-11)22-18(23)14-7-13(3-5-16(14)26-2)27(24,25)10-12-8-20-9-12;1-7-10(15)6-16-13(17-7)18-12(19)9-5-8(23(14,20)21)3-4-11(9)22-2;1-9(2,3)4-8(12)11-5-7(10)6-11/h6-10,16H,11-14H2,1-5H3,(H,25,26,28);4-8,13H,9-11H2,1-3H3,(H,21,22,24);3-7,12,20H,8-10H2,1-2H3,(H,21,22,23);3-6H,1-2H3,(H,16,17,18,19);7H,4-6,10H2,1-3H3. The molecule has 0 spiro atoms. The molecule has 4 saturated heterocycles. The number of pyridine rings is 3. The Morgan fingerprint density at radius 1 is 0.480 bits per heavy atom. The van der Waals surface area contributed by atoms with Crippen molar-refractivity contribution in [1.82, 2.24) is 44.9 Å². The van der Waals surface area contributed by atoms with Crippen LogP contribution in [-0.4, -0.2) is 226 Å². The highest BCUT2D eigenvalue weighted by molar-refractivity contribution is 8.13. The zero-order valence-electron chi connectivity index (χ0n) is 70.5. The molecule has 0 unspecified atom stereocenters. The fourth-order valence-electron chi connectivity index (χ4n) is 12.3. The van der Waals surface area contributed by atoms with Gasteiger partial charge in [0.15, 0.2) is 35.3 Å². The zero-order valence-corrected chi connectivity index (χ0v) is 74.5. The number of carbonyl (C=O) groups is 5. The first-order valence-electron chi connectivity index (χ1n) is 38.3. The van der Waals surface area contributed by atoms with Gasteiger partial charge >= 0.3 is 0 Å². The van der Waals surface area contributed by atoms with E-state index in [0.717, 1.165) is 38.4 Å². The lowest BCUT2D eigenvalue weighted by Crippen LogP contribution is -2.58. The SMILES string of the molecule is CC(C)(C)CC(=O)N1CC(N)C1.COc1ccc(S(=O)(=O)CC2CN(C)C2)cc1C(=O)Nc1ccc(F)c(C)n1.COc1ccc(S(=O)(=O)CC2CN(COC(C)(C)C)C2)cc1C(=O)Nc1ccc(F)c(C)n1.COc1ccc(S(=O)(=O)CC2CNC2)cc1C(=O)Nc1ccc(F)c(C)n1.COc1ccc(S(=O)(=O)Cl)cc1C(=O)Nc1ncc(F)c(C)n1. The van der Waals surface area contributed by atoms with Crippen molar-refractivity contribution in [3.63, 3.8) is 0 Å². The lowest BCUT2D eigenvalue weighted by molar-refractivity contribution is -0.137. The number of benzene rings is 4. The fraction of sp³-hybridized carbons (Fsp3) is 0.415. The topological polar surface area (TPSA) is 428 Å². The van der Waals surface area contributed by atoms with Gasteiger partial charge in [-0.1, -0.05) is 20.8 Å². The highest BCUT2D eigenvalue weighted by Gasteiger charge is 2.36. The number of rotatable bonds is 25. The molecule has 7 N–H and O–H groups in total. The Labute approximate surface area is 717 Å². The maximum absolute atomic E-state index is 13.4. The van der Waals surface area contributed by atoms with Gasteiger partial charge in [-0.15, -0.1) is 0 Å². The Kier molecular flexibility index (Phi) is 33.3. The lowest BCUT2D eigenvalue weighted by atomic mass is 9.91. The number of hydrogen-bond donors (Lipinski definition) is 6. The van der Waals surface area contributed by atoms with Crippen LogP contribution in [0.4, 0.5) is 41.0 Å². The van der Waals surface area contributed by atoms with Crippen LogP contribution in [0, 0.1) is 74.1 Å². The molecule has 5 amide bonds. The second-order valence-electron chi connectivity index (χ2n) is 31.7. The third-order valence-electron chi connectivity index (χ3n) is 19.0. The zero-order chi connectivity index (χ0) is 91.0. The summed E-state index contributed by atoms with van der Waals surface area (Å²) in [6.45, 7) is 24.0. The van der Waals surface area contributed by atoms with Crippen LogP contribution in [0.25, 0.3) is 0 Å². The molecule has 4 aromatic carbocycles. The fourth-order valence-corrected chi connectivity index (χ4v) is 17.9. The summed E-state index contributed by atoms with van der Waals surface area (Å²) in [6, 6.07) is 23.9. The molecule has 0 aliphatic carbocycles. The number of nitrogens with two attached hydrogens (primary N) is 1. The first-order chi connectivity index (χ1) is 57.5. The maximum Gasteiger partial charge on any atom is 0.261 e. The molecule has 8 heterocycles. The van der Waals surface area contributed by atoms with E-state index in [4.69, 9.17) is 40.1 Å². The highest BCUT2D eigenvalue weighted by atomic mass is 35.7. The number of halogens is 5. The van der Waals surface area contributed by atoms with Crippen molar-refractivity contribution in [2.45, 2.75) is 107 Å². The van der Waals surface area contributed by atoms with Gasteiger partial charge in [0, 0.05) is 75.5 Å². The van der Waals surface area contributed by atoms with Crippen LogP contribution >= 0.6 is 10.7 Å². The molecule has 123 heavy (non-hydrogen) atoms. The van der Waals surface area contributed by atoms with Crippen LogP contribution in [0.5, 0.6) is 23.0 Å². The molecule has 0 saturated carbocycles. The minimum Gasteiger partial charge on any atom is -0.496 e. The van der Waals surface area contributed by atoms with E-state index in [1.807, 2.05) is 37.6 Å². The molecule has 4 aromatic heterocycles. The van der Waals surface area contributed by atoms with Crippen LogP contribution in [-0.2, 0) is 48.1 Å². The third-order valence-corrected chi connectivity index (χ3v) is 26.0. The van der Waals surface area contributed by atoms with Crippen molar-refractivity contribution in [1.29, 1.82) is 0 Å². The summed E-state index contributed by atoms with van der Waals surface area (Å²) in [5.41, 5.74) is 6.00. The van der Waals surface area contributed by atoms with Gasteiger partial charge in [-0.2, -0.15) is 0 Å². The smallest absolute Gasteiger partial charge is 0.261 e. The largest absolute Gasteiger partial charge is 0.496 e. The molecule has 4 fully saturated rings. The number of anilines is 4. The first-order valence-corrected chi connectivity index (χ1v) is 45.5. The van der Waals surface area contributed by atoms with Gasteiger partial charge in [-0.05, 0) is 188 Å². The number of ether oxygens (including phenoxy) is 5. The maximum atomic E-state index is 13.4. The molecule has 8 aromatic rings. The summed E-state index contributed by atoms with van der Waals surface area (Å²) in [5.74, 6) is -2.99. The van der Waals surface area contributed by atoms with E-state index >= 15 is 0 Å². The number of hydrogen-bond acceptors (Lipinski definition) is 27. The summed E-state index contributed by atoms with van der Waals surface area (Å²) >= 11 is 0. The summed E-state index contributed by atoms with van der Waals surface area (Å²) in [4.78, 5) is 87.0. The van der Waals surface area contributed by atoms with Crippen molar-refractivity contribution in [2.24, 2.45) is 28.9 Å². The van der Waals surface area contributed by atoms with Crippen molar-refractivity contribution in [3.05, 3.63) is 184 Å². The van der Waals surface area contributed by atoms with E-state index in [2.05, 4.69) is 77.2 Å². The second-order valence-corrected chi connectivity index (χ2v) is 40.3. The van der Waals surface area contributed by atoms with Crippen LogP contribution in [0.1, 0.15) is 112 Å². The molecular weight excluding hydrogens is 1710 g/mol.